The Morgan fingerprint density at radius 2 is 2.00 bits per heavy atom. The van der Waals surface area contributed by atoms with E-state index in [1.165, 1.54) is 0 Å². The molecule has 18 heavy (non-hydrogen) atoms. The quantitative estimate of drug-likeness (QED) is 0.626. The summed E-state index contributed by atoms with van der Waals surface area (Å²) in [4.78, 5) is 13.8. The van der Waals surface area contributed by atoms with Gasteiger partial charge in [-0.15, -0.1) is 0 Å². The molecule has 0 heterocycles. The van der Waals surface area contributed by atoms with Crippen LogP contribution in [-0.2, 0) is 9.53 Å². The number of ether oxygens (including phenoxy) is 1. The normalized spacial score (nSPS) is 13.7. The molecule has 0 aliphatic carbocycles. The Bertz CT molecular complexity index is 242. The Labute approximate surface area is 111 Å². The molecule has 1 amide bonds. The third-order valence-corrected chi connectivity index (χ3v) is 2.46. The van der Waals surface area contributed by atoms with Crippen LogP contribution in [0.2, 0.25) is 0 Å². The number of rotatable bonds is 9. The predicted molar refractivity (Wildman–Crippen MR) is 74.7 cm³/mol. The maximum Gasteiger partial charge on any atom is 0.234 e. The van der Waals surface area contributed by atoms with Crippen molar-refractivity contribution in [3.63, 3.8) is 0 Å². The second-order valence-corrected chi connectivity index (χ2v) is 5.93. The first-order valence-corrected chi connectivity index (χ1v) is 6.40. The van der Waals surface area contributed by atoms with E-state index in [1.54, 1.807) is 7.11 Å². The Kier molecular flexibility index (Phi) is 8.15. The van der Waals surface area contributed by atoms with E-state index in [9.17, 15) is 4.79 Å². The van der Waals surface area contributed by atoms with Gasteiger partial charge in [0, 0.05) is 26.2 Å². The average Bonchev–Trinajstić information content (AvgIpc) is 2.14. The lowest BCUT2D eigenvalue weighted by molar-refractivity contribution is -0.121. The summed E-state index contributed by atoms with van der Waals surface area (Å²) < 4.78 is 4.97. The van der Waals surface area contributed by atoms with Gasteiger partial charge in [-0.2, -0.15) is 0 Å². The maximum atomic E-state index is 11.6. The van der Waals surface area contributed by atoms with Crippen LogP contribution in [0.15, 0.2) is 0 Å². The molecule has 0 aliphatic rings. The van der Waals surface area contributed by atoms with Crippen molar-refractivity contribution in [3.8, 4) is 0 Å². The first kappa shape index (κ1) is 17.4. The summed E-state index contributed by atoms with van der Waals surface area (Å²) >= 11 is 0. The van der Waals surface area contributed by atoms with Crippen LogP contribution in [0, 0.1) is 5.41 Å². The fourth-order valence-electron chi connectivity index (χ4n) is 2.04. The molecule has 0 aromatic rings. The number of methoxy groups -OCH3 is 1. The number of hydrogen-bond donors (Lipinski definition) is 2. The fraction of sp³-hybridized carbons (Fsp3) is 0.923. The molecule has 108 valence electrons. The van der Waals surface area contributed by atoms with Gasteiger partial charge >= 0.3 is 0 Å². The van der Waals surface area contributed by atoms with Gasteiger partial charge in [-0.3, -0.25) is 4.79 Å². The van der Waals surface area contributed by atoms with E-state index in [0.717, 1.165) is 13.1 Å². The zero-order valence-electron chi connectivity index (χ0n) is 12.7. The molecule has 5 nitrogen and oxygen atoms in total. The molecule has 0 aromatic carbocycles. The minimum atomic E-state index is 0.0141. The summed E-state index contributed by atoms with van der Waals surface area (Å²) in [7, 11) is 5.74. The van der Waals surface area contributed by atoms with Gasteiger partial charge in [0.05, 0.1) is 13.2 Å². The highest BCUT2D eigenvalue weighted by atomic mass is 16.5. The van der Waals surface area contributed by atoms with Crippen molar-refractivity contribution in [3.05, 3.63) is 0 Å². The van der Waals surface area contributed by atoms with Gasteiger partial charge in [0.1, 0.15) is 0 Å². The Morgan fingerprint density at radius 3 is 2.50 bits per heavy atom. The van der Waals surface area contributed by atoms with Crippen LogP contribution in [0.4, 0.5) is 0 Å². The molecule has 5 heteroatoms. The third-order valence-electron chi connectivity index (χ3n) is 2.46. The molecule has 0 bridgehead atoms. The fourth-order valence-corrected chi connectivity index (χ4v) is 2.04. The minimum absolute atomic E-state index is 0.0141. The highest BCUT2D eigenvalue weighted by molar-refractivity contribution is 5.78. The molecule has 1 unspecified atom stereocenters. The number of nitrogens with zero attached hydrogens (tertiary/aromatic N) is 1. The molecular formula is C13H29N3O2. The van der Waals surface area contributed by atoms with Gasteiger partial charge in [0.15, 0.2) is 0 Å². The van der Waals surface area contributed by atoms with Crippen LogP contribution in [0.25, 0.3) is 0 Å². The zero-order chi connectivity index (χ0) is 14.2. The predicted octanol–water partition coefficient (Wildman–Crippen LogP) is 0.315. The summed E-state index contributed by atoms with van der Waals surface area (Å²) in [6.07, 6.45) is 0. The van der Waals surface area contributed by atoms with Gasteiger partial charge in [-0.05, 0) is 26.4 Å². The summed E-state index contributed by atoms with van der Waals surface area (Å²) in [6, 6.07) is 0.0547. The van der Waals surface area contributed by atoms with E-state index in [2.05, 4.69) is 43.5 Å². The molecule has 0 aliphatic heterocycles. The van der Waals surface area contributed by atoms with Crippen LogP contribution >= 0.6 is 0 Å². The number of hydrogen-bond acceptors (Lipinski definition) is 4. The Balaban J connectivity index is 3.80. The van der Waals surface area contributed by atoms with Crippen molar-refractivity contribution in [2.45, 2.75) is 26.8 Å². The molecule has 0 saturated carbocycles. The number of nitrogens with one attached hydrogen (secondary N) is 2. The van der Waals surface area contributed by atoms with Crippen LogP contribution in [-0.4, -0.2) is 64.3 Å². The highest BCUT2D eigenvalue weighted by Gasteiger charge is 2.18. The Hall–Kier alpha value is -0.650. The van der Waals surface area contributed by atoms with Crippen molar-refractivity contribution in [2.24, 2.45) is 5.41 Å². The molecule has 0 fully saturated rings. The second kappa shape index (κ2) is 8.45. The SMILES string of the molecule is COCC(C)NC(=O)CNCC(C)(C)CN(C)C. The first-order valence-electron chi connectivity index (χ1n) is 6.40. The second-order valence-electron chi connectivity index (χ2n) is 5.93. The van der Waals surface area contributed by atoms with Crippen LogP contribution in [0.1, 0.15) is 20.8 Å². The smallest absolute Gasteiger partial charge is 0.234 e. The van der Waals surface area contributed by atoms with Crippen molar-refractivity contribution >= 4 is 5.91 Å². The van der Waals surface area contributed by atoms with Gasteiger partial charge in [0.2, 0.25) is 5.91 Å². The largest absolute Gasteiger partial charge is 0.383 e. The lowest BCUT2D eigenvalue weighted by Gasteiger charge is -2.28. The van der Waals surface area contributed by atoms with E-state index >= 15 is 0 Å². The molecule has 0 aromatic heterocycles. The molecule has 1 atom stereocenters. The van der Waals surface area contributed by atoms with Crippen LogP contribution in [0.5, 0.6) is 0 Å². The lowest BCUT2D eigenvalue weighted by Crippen LogP contribution is -2.44. The lowest BCUT2D eigenvalue weighted by atomic mass is 9.93. The molecule has 2 N–H and O–H groups in total. The van der Waals surface area contributed by atoms with Crippen LogP contribution < -0.4 is 10.6 Å². The van der Waals surface area contributed by atoms with E-state index in [4.69, 9.17) is 4.74 Å². The Morgan fingerprint density at radius 1 is 1.39 bits per heavy atom. The molecule has 0 saturated heterocycles. The van der Waals surface area contributed by atoms with Gasteiger partial charge < -0.3 is 20.3 Å². The van der Waals surface area contributed by atoms with E-state index in [1.807, 2.05) is 6.92 Å². The molecule has 0 rings (SSSR count). The summed E-state index contributed by atoms with van der Waals surface area (Å²) in [6.45, 7) is 9.00. The summed E-state index contributed by atoms with van der Waals surface area (Å²) in [5.74, 6) is 0.0141. The maximum absolute atomic E-state index is 11.6. The number of carbonyl (C=O) groups is 1. The third kappa shape index (κ3) is 9.39. The van der Waals surface area contributed by atoms with E-state index < -0.39 is 0 Å². The topological polar surface area (TPSA) is 53.6 Å². The zero-order valence-corrected chi connectivity index (χ0v) is 12.7. The van der Waals surface area contributed by atoms with Crippen LogP contribution in [0.3, 0.4) is 0 Å². The van der Waals surface area contributed by atoms with Gasteiger partial charge in [0.25, 0.3) is 0 Å². The van der Waals surface area contributed by atoms with E-state index in [0.29, 0.717) is 13.2 Å². The van der Waals surface area contributed by atoms with Gasteiger partial charge in [-0.25, -0.2) is 0 Å². The number of carbonyl (C=O) groups excluding carboxylic acids is 1. The molecular weight excluding hydrogens is 230 g/mol. The highest BCUT2D eigenvalue weighted by Crippen LogP contribution is 2.13. The van der Waals surface area contributed by atoms with Crippen molar-refractivity contribution in [2.75, 3.05) is 47.4 Å². The standard InChI is InChI=1S/C13H29N3O2/c1-11(8-18-6)15-12(17)7-14-9-13(2,3)10-16(4)5/h11,14H,7-10H2,1-6H3,(H,15,17). The first-order chi connectivity index (χ1) is 8.26. The number of amides is 1. The monoisotopic (exact) mass is 259 g/mol. The minimum Gasteiger partial charge on any atom is -0.383 e. The van der Waals surface area contributed by atoms with Crippen molar-refractivity contribution < 1.29 is 9.53 Å². The van der Waals surface area contributed by atoms with E-state index in [-0.39, 0.29) is 17.4 Å². The summed E-state index contributed by atoms with van der Waals surface area (Å²) in [5.41, 5.74) is 0.155. The molecule has 0 spiro atoms. The molecule has 0 radical (unpaired) electrons. The van der Waals surface area contributed by atoms with Crippen molar-refractivity contribution in [1.29, 1.82) is 0 Å². The summed E-state index contributed by atoms with van der Waals surface area (Å²) in [5, 5.41) is 6.07. The van der Waals surface area contributed by atoms with Gasteiger partial charge in [-0.1, -0.05) is 13.8 Å². The van der Waals surface area contributed by atoms with Crippen molar-refractivity contribution in [1.82, 2.24) is 15.5 Å². The average molecular weight is 259 g/mol.